The smallest absolute Gasteiger partial charge is 0.0701 e. The standard InChI is InChI=1S/C10H23NO2/c1-9(2)7-11-10(3)8-13-6-5-12-4/h9-11H,5-8H2,1-4H3. The summed E-state index contributed by atoms with van der Waals surface area (Å²) in [5.41, 5.74) is 0. The Balaban J connectivity index is 3.15. The monoisotopic (exact) mass is 189 g/mol. The van der Waals surface area contributed by atoms with Crippen LogP contribution < -0.4 is 5.32 Å². The molecule has 0 fully saturated rings. The molecule has 0 aliphatic rings. The maximum atomic E-state index is 5.38. The molecule has 0 rings (SSSR count). The van der Waals surface area contributed by atoms with E-state index in [2.05, 4.69) is 26.1 Å². The van der Waals surface area contributed by atoms with Crippen LogP contribution in [-0.4, -0.2) is 39.5 Å². The minimum atomic E-state index is 0.430. The molecule has 0 spiro atoms. The number of nitrogens with one attached hydrogen (secondary N) is 1. The van der Waals surface area contributed by atoms with Crippen molar-refractivity contribution in [3.63, 3.8) is 0 Å². The van der Waals surface area contributed by atoms with Gasteiger partial charge in [0.2, 0.25) is 0 Å². The fourth-order valence-corrected chi connectivity index (χ4v) is 0.898. The van der Waals surface area contributed by atoms with E-state index < -0.39 is 0 Å². The molecule has 0 aliphatic heterocycles. The average molecular weight is 189 g/mol. The minimum Gasteiger partial charge on any atom is -0.382 e. The van der Waals surface area contributed by atoms with E-state index in [0.717, 1.165) is 13.2 Å². The second kappa shape index (κ2) is 8.48. The van der Waals surface area contributed by atoms with Crippen molar-refractivity contribution in [3.8, 4) is 0 Å². The molecule has 0 aliphatic carbocycles. The highest BCUT2D eigenvalue weighted by molar-refractivity contribution is 4.60. The van der Waals surface area contributed by atoms with Crippen LogP contribution in [0.3, 0.4) is 0 Å². The van der Waals surface area contributed by atoms with E-state index in [1.54, 1.807) is 7.11 Å². The molecule has 0 radical (unpaired) electrons. The van der Waals surface area contributed by atoms with Crippen LogP contribution >= 0.6 is 0 Å². The van der Waals surface area contributed by atoms with Gasteiger partial charge < -0.3 is 14.8 Å². The number of rotatable bonds is 8. The van der Waals surface area contributed by atoms with Crippen molar-refractivity contribution < 1.29 is 9.47 Å². The highest BCUT2D eigenvalue weighted by atomic mass is 16.5. The van der Waals surface area contributed by atoms with Gasteiger partial charge in [0.25, 0.3) is 0 Å². The van der Waals surface area contributed by atoms with Gasteiger partial charge >= 0.3 is 0 Å². The molecule has 0 saturated heterocycles. The van der Waals surface area contributed by atoms with Crippen LogP contribution in [0.2, 0.25) is 0 Å². The van der Waals surface area contributed by atoms with E-state index in [-0.39, 0.29) is 0 Å². The molecule has 0 aromatic heterocycles. The van der Waals surface area contributed by atoms with E-state index in [1.807, 2.05) is 0 Å². The Morgan fingerprint density at radius 2 is 1.85 bits per heavy atom. The van der Waals surface area contributed by atoms with Gasteiger partial charge in [-0.25, -0.2) is 0 Å². The van der Waals surface area contributed by atoms with E-state index in [0.29, 0.717) is 25.2 Å². The molecule has 1 N–H and O–H groups in total. The van der Waals surface area contributed by atoms with Gasteiger partial charge in [-0.15, -0.1) is 0 Å². The fraction of sp³-hybridized carbons (Fsp3) is 1.00. The molecular weight excluding hydrogens is 166 g/mol. The molecule has 0 aromatic carbocycles. The van der Waals surface area contributed by atoms with E-state index in [9.17, 15) is 0 Å². The van der Waals surface area contributed by atoms with Crippen LogP contribution in [0.4, 0.5) is 0 Å². The lowest BCUT2D eigenvalue weighted by atomic mass is 10.2. The summed E-state index contributed by atoms with van der Waals surface area (Å²) in [4.78, 5) is 0. The van der Waals surface area contributed by atoms with Crippen molar-refractivity contribution >= 4 is 0 Å². The van der Waals surface area contributed by atoms with Gasteiger partial charge in [-0.3, -0.25) is 0 Å². The molecule has 3 heteroatoms. The van der Waals surface area contributed by atoms with E-state index >= 15 is 0 Å². The Bertz CT molecular complexity index is 107. The first kappa shape index (κ1) is 12.9. The predicted molar refractivity (Wildman–Crippen MR) is 55.0 cm³/mol. The molecule has 3 nitrogen and oxygen atoms in total. The third kappa shape index (κ3) is 9.80. The Morgan fingerprint density at radius 3 is 2.38 bits per heavy atom. The highest BCUT2D eigenvalue weighted by Gasteiger charge is 2.01. The van der Waals surface area contributed by atoms with Gasteiger partial charge in [0.15, 0.2) is 0 Å². The zero-order chi connectivity index (χ0) is 10.1. The molecule has 13 heavy (non-hydrogen) atoms. The van der Waals surface area contributed by atoms with E-state index in [1.165, 1.54) is 0 Å². The topological polar surface area (TPSA) is 30.5 Å². The lowest BCUT2D eigenvalue weighted by Crippen LogP contribution is -2.33. The van der Waals surface area contributed by atoms with Gasteiger partial charge in [0.05, 0.1) is 19.8 Å². The third-order valence-corrected chi connectivity index (χ3v) is 1.67. The van der Waals surface area contributed by atoms with Crippen molar-refractivity contribution in [2.24, 2.45) is 5.92 Å². The molecule has 0 amide bonds. The molecule has 1 unspecified atom stereocenters. The van der Waals surface area contributed by atoms with Crippen LogP contribution in [0.1, 0.15) is 20.8 Å². The molecular formula is C10H23NO2. The van der Waals surface area contributed by atoms with Crippen LogP contribution in [0.5, 0.6) is 0 Å². The number of hydrogen-bond donors (Lipinski definition) is 1. The van der Waals surface area contributed by atoms with Crippen molar-refractivity contribution in [1.82, 2.24) is 5.32 Å². The van der Waals surface area contributed by atoms with Gasteiger partial charge in [0, 0.05) is 13.2 Å². The fourth-order valence-electron chi connectivity index (χ4n) is 0.898. The predicted octanol–water partition coefficient (Wildman–Crippen LogP) is 1.28. The lowest BCUT2D eigenvalue weighted by Gasteiger charge is -2.15. The van der Waals surface area contributed by atoms with Crippen LogP contribution in [0, 0.1) is 5.92 Å². The number of methoxy groups -OCH3 is 1. The molecule has 80 valence electrons. The average Bonchev–Trinajstić information content (AvgIpc) is 2.09. The maximum Gasteiger partial charge on any atom is 0.0701 e. The normalized spacial score (nSPS) is 13.6. The summed E-state index contributed by atoms with van der Waals surface area (Å²) in [6.45, 7) is 9.71. The van der Waals surface area contributed by atoms with Crippen LogP contribution in [0.25, 0.3) is 0 Å². The van der Waals surface area contributed by atoms with Gasteiger partial charge in [-0.1, -0.05) is 13.8 Å². The third-order valence-electron chi connectivity index (χ3n) is 1.67. The Morgan fingerprint density at radius 1 is 1.15 bits per heavy atom. The second-order valence-electron chi connectivity index (χ2n) is 3.77. The lowest BCUT2D eigenvalue weighted by molar-refractivity contribution is 0.0607. The highest BCUT2D eigenvalue weighted by Crippen LogP contribution is 1.90. The first-order chi connectivity index (χ1) is 6.16. The van der Waals surface area contributed by atoms with E-state index in [4.69, 9.17) is 9.47 Å². The SMILES string of the molecule is COCCOCC(C)NCC(C)C. The molecule has 0 heterocycles. The Kier molecular flexibility index (Phi) is 8.40. The minimum absolute atomic E-state index is 0.430. The summed E-state index contributed by atoms with van der Waals surface area (Å²) in [7, 11) is 1.68. The first-order valence-corrected chi connectivity index (χ1v) is 4.97. The van der Waals surface area contributed by atoms with Gasteiger partial charge in [0.1, 0.15) is 0 Å². The first-order valence-electron chi connectivity index (χ1n) is 4.97. The summed E-state index contributed by atoms with van der Waals surface area (Å²) in [5.74, 6) is 0.696. The van der Waals surface area contributed by atoms with Crippen molar-refractivity contribution in [2.45, 2.75) is 26.8 Å². The summed E-state index contributed by atoms with van der Waals surface area (Å²) >= 11 is 0. The van der Waals surface area contributed by atoms with Crippen LogP contribution in [0.15, 0.2) is 0 Å². The summed E-state index contributed by atoms with van der Waals surface area (Å²) < 4.78 is 10.3. The summed E-state index contributed by atoms with van der Waals surface area (Å²) in [5, 5.41) is 3.39. The zero-order valence-corrected chi connectivity index (χ0v) is 9.30. The summed E-state index contributed by atoms with van der Waals surface area (Å²) in [6, 6.07) is 0.430. The van der Waals surface area contributed by atoms with Crippen molar-refractivity contribution in [2.75, 3.05) is 33.5 Å². The van der Waals surface area contributed by atoms with Crippen molar-refractivity contribution in [1.29, 1.82) is 0 Å². The van der Waals surface area contributed by atoms with Crippen LogP contribution in [-0.2, 0) is 9.47 Å². The molecule has 0 bridgehead atoms. The van der Waals surface area contributed by atoms with Gasteiger partial charge in [-0.05, 0) is 19.4 Å². The summed E-state index contributed by atoms with van der Waals surface area (Å²) in [6.07, 6.45) is 0. The zero-order valence-electron chi connectivity index (χ0n) is 9.30. The van der Waals surface area contributed by atoms with Crippen molar-refractivity contribution in [3.05, 3.63) is 0 Å². The molecule has 0 aromatic rings. The molecule has 1 atom stereocenters. The Hall–Kier alpha value is -0.120. The maximum absolute atomic E-state index is 5.38. The quantitative estimate of drug-likeness (QED) is 0.584. The number of hydrogen-bond acceptors (Lipinski definition) is 3. The second-order valence-corrected chi connectivity index (χ2v) is 3.77. The number of ether oxygens (including phenoxy) is 2. The Labute approximate surface area is 81.8 Å². The molecule has 0 saturated carbocycles. The van der Waals surface area contributed by atoms with Gasteiger partial charge in [-0.2, -0.15) is 0 Å². The largest absolute Gasteiger partial charge is 0.382 e.